The van der Waals surface area contributed by atoms with Crippen molar-refractivity contribution in [3.8, 4) is 0 Å². The van der Waals surface area contributed by atoms with Gasteiger partial charge in [-0.3, -0.25) is 0 Å². The third-order valence-corrected chi connectivity index (χ3v) is 3.39. The van der Waals surface area contributed by atoms with Crippen molar-refractivity contribution in [2.24, 2.45) is 7.05 Å². The van der Waals surface area contributed by atoms with Crippen LogP contribution in [0, 0.1) is 0 Å². The molecule has 100 valence electrons. The molecule has 0 amide bonds. The van der Waals surface area contributed by atoms with Gasteiger partial charge >= 0.3 is 0 Å². The van der Waals surface area contributed by atoms with Crippen LogP contribution in [0.1, 0.15) is 38.3 Å². The molecule has 0 fully saturated rings. The molecular weight excluding hydrogens is 234 g/mol. The fourth-order valence-corrected chi connectivity index (χ4v) is 2.37. The average Bonchev–Trinajstić information content (AvgIpc) is 2.60. The first kappa shape index (κ1) is 13.5. The predicted octanol–water partition coefficient (Wildman–Crippen LogP) is 3.57. The van der Waals surface area contributed by atoms with Gasteiger partial charge in [-0.15, -0.1) is 16.8 Å². The van der Waals surface area contributed by atoms with E-state index in [1.807, 2.05) is 19.2 Å². The molecule has 1 aromatic heterocycles. The molecule has 1 aliphatic rings. The smallest absolute Gasteiger partial charge is 0.163 e. The van der Waals surface area contributed by atoms with Crippen molar-refractivity contribution in [2.45, 2.75) is 32.1 Å². The van der Waals surface area contributed by atoms with E-state index >= 15 is 0 Å². The molecule has 0 saturated heterocycles. The van der Waals surface area contributed by atoms with Crippen LogP contribution in [0.4, 0.5) is 0 Å². The minimum atomic E-state index is -0.0466. The second kappa shape index (κ2) is 5.39. The van der Waals surface area contributed by atoms with E-state index in [2.05, 4.69) is 59.5 Å². The van der Waals surface area contributed by atoms with Crippen LogP contribution >= 0.6 is 0 Å². The minimum Gasteiger partial charge on any atom is -0.314 e. The molecule has 0 bridgehead atoms. The van der Waals surface area contributed by atoms with E-state index in [1.54, 1.807) is 0 Å². The largest absolute Gasteiger partial charge is 0.314 e. The van der Waals surface area contributed by atoms with Gasteiger partial charge in [0, 0.05) is 18.0 Å². The van der Waals surface area contributed by atoms with E-state index in [9.17, 15) is 0 Å². The van der Waals surface area contributed by atoms with Gasteiger partial charge in [0.05, 0.1) is 0 Å². The lowest BCUT2D eigenvalue weighted by atomic mass is 9.88. The lowest BCUT2D eigenvalue weighted by Crippen LogP contribution is -2.21. The number of aromatic nitrogens is 3. The Balaban J connectivity index is 2.38. The molecule has 2 rings (SSSR count). The van der Waals surface area contributed by atoms with Crippen molar-refractivity contribution < 1.29 is 0 Å². The van der Waals surface area contributed by atoms with Crippen molar-refractivity contribution in [1.82, 2.24) is 14.8 Å². The molecule has 0 aliphatic heterocycles. The maximum Gasteiger partial charge on any atom is 0.163 e. The van der Waals surface area contributed by atoms with Crippen molar-refractivity contribution in [3.63, 3.8) is 0 Å². The van der Waals surface area contributed by atoms with E-state index in [0.29, 0.717) is 0 Å². The number of allylic oxidation sites excluding steroid dienone is 7. The summed E-state index contributed by atoms with van der Waals surface area (Å²) in [6.07, 6.45) is 14.2. The SMILES string of the molecule is C=CCC(C)(C)c1nnc(C2=CCC=CC=C2)n1C. The molecule has 1 heterocycles. The topological polar surface area (TPSA) is 30.7 Å². The molecule has 1 aromatic rings. The molecule has 0 atom stereocenters. The summed E-state index contributed by atoms with van der Waals surface area (Å²) in [6, 6.07) is 0. The average molecular weight is 255 g/mol. The molecule has 0 saturated carbocycles. The lowest BCUT2D eigenvalue weighted by Gasteiger charge is -2.21. The fourth-order valence-electron chi connectivity index (χ4n) is 2.37. The van der Waals surface area contributed by atoms with Crippen LogP contribution in [0.15, 0.2) is 43.0 Å². The highest BCUT2D eigenvalue weighted by molar-refractivity contribution is 5.70. The monoisotopic (exact) mass is 255 g/mol. The van der Waals surface area contributed by atoms with Crippen molar-refractivity contribution in [1.29, 1.82) is 0 Å². The van der Waals surface area contributed by atoms with Crippen LogP contribution < -0.4 is 0 Å². The van der Waals surface area contributed by atoms with Crippen molar-refractivity contribution in [2.75, 3.05) is 0 Å². The normalized spacial score (nSPS) is 15.2. The Kier molecular flexibility index (Phi) is 3.84. The summed E-state index contributed by atoms with van der Waals surface area (Å²) in [4.78, 5) is 0. The zero-order valence-corrected chi connectivity index (χ0v) is 11.9. The van der Waals surface area contributed by atoms with Crippen molar-refractivity contribution >= 4 is 5.57 Å². The Morgan fingerprint density at radius 1 is 1.37 bits per heavy atom. The molecule has 1 aliphatic carbocycles. The third-order valence-electron chi connectivity index (χ3n) is 3.39. The first-order chi connectivity index (χ1) is 9.06. The highest BCUT2D eigenvalue weighted by atomic mass is 15.3. The van der Waals surface area contributed by atoms with Gasteiger partial charge in [0.25, 0.3) is 0 Å². The van der Waals surface area contributed by atoms with E-state index in [0.717, 1.165) is 30.1 Å². The fraction of sp³-hybridized carbons (Fsp3) is 0.375. The Bertz CT molecular complexity index is 557. The highest BCUT2D eigenvalue weighted by Gasteiger charge is 2.26. The third kappa shape index (κ3) is 2.75. The van der Waals surface area contributed by atoms with Gasteiger partial charge in [0.15, 0.2) is 5.82 Å². The predicted molar refractivity (Wildman–Crippen MR) is 79.7 cm³/mol. The molecule has 19 heavy (non-hydrogen) atoms. The Hall–Kier alpha value is -1.90. The highest BCUT2D eigenvalue weighted by Crippen LogP contribution is 2.27. The quantitative estimate of drug-likeness (QED) is 0.770. The van der Waals surface area contributed by atoms with Crippen LogP contribution in [0.3, 0.4) is 0 Å². The zero-order chi connectivity index (χ0) is 13.9. The van der Waals surface area contributed by atoms with Crippen LogP contribution in [0.2, 0.25) is 0 Å². The molecule has 0 aromatic carbocycles. The van der Waals surface area contributed by atoms with E-state index in [1.165, 1.54) is 0 Å². The molecule has 0 radical (unpaired) electrons. The van der Waals surface area contributed by atoms with Gasteiger partial charge in [-0.05, 0) is 12.8 Å². The van der Waals surface area contributed by atoms with Gasteiger partial charge in [0.2, 0.25) is 0 Å². The summed E-state index contributed by atoms with van der Waals surface area (Å²) in [5, 5.41) is 8.74. The number of hydrogen-bond donors (Lipinski definition) is 0. The van der Waals surface area contributed by atoms with Gasteiger partial charge in [-0.1, -0.05) is 50.3 Å². The first-order valence-electron chi connectivity index (χ1n) is 6.61. The van der Waals surface area contributed by atoms with Crippen LogP contribution in [0.5, 0.6) is 0 Å². The van der Waals surface area contributed by atoms with E-state index < -0.39 is 0 Å². The van der Waals surface area contributed by atoms with E-state index in [-0.39, 0.29) is 5.41 Å². The second-order valence-corrected chi connectivity index (χ2v) is 5.47. The molecule has 0 spiro atoms. The van der Waals surface area contributed by atoms with E-state index in [4.69, 9.17) is 0 Å². The Labute approximate surface area is 115 Å². The maximum absolute atomic E-state index is 4.38. The first-order valence-corrected chi connectivity index (χ1v) is 6.61. The summed E-state index contributed by atoms with van der Waals surface area (Å²) < 4.78 is 2.09. The summed E-state index contributed by atoms with van der Waals surface area (Å²) in [5.41, 5.74) is 1.08. The van der Waals surface area contributed by atoms with Crippen molar-refractivity contribution in [3.05, 3.63) is 54.7 Å². The van der Waals surface area contributed by atoms with Gasteiger partial charge in [-0.2, -0.15) is 0 Å². The molecular formula is C16H21N3. The van der Waals surface area contributed by atoms with Crippen LogP contribution in [-0.4, -0.2) is 14.8 Å². The van der Waals surface area contributed by atoms with Gasteiger partial charge in [-0.25, -0.2) is 0 Å². The molecule has 0 N–H and O–H groups in total. The minimum absolute atomic E-state index is 0.0466. The summed E-state index contributed by atoms with van der Waals surface area (Å²) in [7, 11) is 2.03. The number of hydrogen-bond acceptors (Lipinski definition) is 2. The summed E-state index contributed by atoms with van der Waals surface area (Å²) in [5.74, 6) is 1.92. The Morgan fingerprint density at radius 2 is 2.16 bits per heavy atom. The Morgan fingerprint density at radius 3 is 2.89 bits per heavy atom. The zero-order valence-electron chi connectivity index (χ0n) is 11.9. The molecule has 0 unspecified atom stereocenters. The maximum atomic E-state index is 4.38. The second-order valence-electron chi connectivity index (χ2n) is 5.47. The summed E-state index contributed by atoms with van der Waals surface area (Å²) in [6.45, 7) is 8.16. The lowest BCUT2D eigenvalue weighted by molar-refractivity contribution is 0.477. The standard InChI is InChI=1S/C16H21N3/c1-5-12-16(2,3)15-18-17-14(19(15)4)13-10-8-6-7-9-11-13/h5-8,10-11H,1,9,12H2,2-4H3. The van der Waals surface area contributed by atoms with Gasteiger partial charge < -0.3 is 4.57 Å². The number of rotatable bonds is 4. The van der Waals surface area contributed by atoms with Crippen LogP contribution in [0.25, 0.3) is 5.57 Å². The number of nitrogens with zero attached hydrogens (tertiary/aromatic N) is 3. The molecule has 3 nitrogen and oxygen atoms in total. The molecule has 3 heteroatoms. The van der Waals surface area contributed by atoms with Crippen LogP contribution in [-0.2, 0) is 12.5 Å². The summed E-state index contributed by atoms with van der Waals surface area (Å²) >= 11 is 0. The van der Waals surface area contributed by atoms with Gasteiger partial charge in [0.1, 0.15) is 5.82 Å².